The molecule has 5 rings (SSSR count). The SMILES string of the molecule is CC1=C(C(=O)Nc2ccccc2)C(c2ccccc2)N2C(CC(=O)NCC3CC3)=CSC2=N1. The standard InChI is InChI=1S/C26H26N4O2S/c1-17-23(25(32)29-20-10-6-3-7-11-20)24(19-8-4-2-5-9-19)30-21(16-33-26(30)28-17)14-22(31)27-15-18-12-13-18/h2-11,16,18,24H,12-15H2,1H3,(H,27,31)(H,29,32). The molecule has 7 heteroatoms. The summed E-state index contributed by atoms with van der Waals surface area (Å²) in [5.74, 6) is 0.442. The maximum atomic E-state index is 13.5. The van der Waals surface area contributed by atoms with Crippen LogP contribution in [-0.4, -0.2) is 28.4 Å². The predicted molar refractivity (Wildman–Crippen MR) is 132 cm³/mol. The normalized spacial score (nSPS) is 19.5. The largest absolute Gasteiger partial charge is 0.355 e. The number of amides is 2. The molecule has 2 heterocycles. The van der Waals surface area contributed by atoms with Gasteiger partial charge in [0.05, 0.1) is 23.7 Å². The van der Waals surface area contributed by atoms with Gasteiger partial charge in [-0.3, -0.25) is 9.59 Å². The molecule has 2 N–H and O–H groups in total. The third-order valence-electron chi connectivity index (χ3n) is 6.02. The Hall–Kier alpha value is -3.32. The van der Waals surface area contributed by atoms with Gasteiger partial charge >= 0.3 is 0 Å². The van der Waals surface area contributed by atoms with Crippen LogP contribution in [0.4, 0.5) is 5.69 Å². The highest BCUT2D eigenvalue weighted by Gasteiger charge is 2.40. The molecule has 33 heavy (non-hydrogen) atoms. The van der Waals surface area contributed by atoms with Crippen molar-refractivity contribution in [2.45, 2.75) is 32.2 Å². The number of hydrogen-bond acceptors (Lipinski definition) is 5. The molecule has 2 aromatic rings. The van der Waals surface area contributed by atoms with Crippen LogP contribution >= 0.6 is 11.8 Å². The molecule has 2 aliphatic heterocycles. The van der Waals surface area contributed by atoms with E-state index < -0.39 is 0 Å². The van der Waals surface area contributed by atoms with Gasteiger partial charge in [-0.25, -0.2) is 4.99 Å². The molecular weight excluding hydrogens is 432 g/mol. The van der Waals surface area contributed by atoms with E-state index in [1.54, 1.807) is 0 Å². The predicted octanol–water partition coefficient (Wildman–Crippen LogP) is 4.82. The fourth-order valence-corrected chi connectivity index (χ4v) is 5.10. The topological polar surface area (TPSA) is 73.8 Å². The fourth-order valence-electron chi connectivity index (χ4n) is 4.14. The molecule has 2 aromatic carbocycles. The van der Waals surface area contributed by atoms with Crippen LogP contribution in [-0.2, 0) is 9.59 Å². The highest BCUT2D eigenvalue weighted by atomic mass is 32.2. The highest BCUT2D eigenvalue weighted by Crippen LogP contribution is 2.44. The molecule has 0 saturated heterocycles. The zero-order valence-corrected chi connectivity index (χ0v) is 19.3. The van der Waals surface area contributed by atoms with Gasteiger partial charge in [0, 0.05) is 17.9 Å². The van der Waals surface area contributed by atoms with Gasteiger partial charge < -0.3 is 15.5 Å². The van der Waals surface area contributed by atoms with Crippen molar-refractivity contribution in [2.75, 3.05) is 11.9 Å². The summed E-state index contributed by atoms with van der Waals surface area (Å²) in [5, 5.41) is 8.85. The van der Waals surface area contributed by atoms with Crippen molar-refractivity contribution in [3.05, 3.63) is 88.6 Å². The number of amidine groups is 1. The van der Waals surface area contributed by atoms with E-state index in [0.29, 0.717) is 17.2 Å². The lowest BCUT2D eigenvalue weighted by Crippen LogP contribution is -2.39. The van der Waals surface area contributed by atoms with Gasteiger partial charge in [-0.05, 0) is 48.8 Å². The summed E-state index contributed by atoms with van der Waals surface area (Å²) in [4.78, 5) is 32.9. The minimum absolute atomic E-state index is 0.00312. The minimum atomic E-state index is -0.361. The maximum absolute atomic E-state index is 13.5. The average molecular weight is 459 g/mol. The first-order valence-corrected chi connectivity index (χ1v) is 12.1. The average Bonchev–Trinajstić information content (AvgIpc) is 3.58. The lowest BCUT2D eigenvalue weighted by Gasteiger charge is -2.36. The quantitative estimate of drug-likeness (QED) is 0.624. The molecule has 1 unspecified atom stereocenters. The molecule has 0 radical (unpaired) electrons. The van der Waals surface area contributed by atoms with Gasteiger partial charge in [-0.2, -0.15) is 0 Å². The minimum Gasteiger partial charge on any atom is -0.355 e. The number of aliphatic imine (C=N–C) groups is 1. The molecule has 6 nitrogen and oxygen atoms in total. The summed E-state index contributed by atoms with van der Waals surface area (Å²) in [6.07, 6.45) is 2.65. The Labute approximate surface area is 197 Å². The van der Waals surface area contributed by atoms with Gasteiger partial charge in [0.2, 0.25) is 5.91 Å². The Morgan fingerprint density at radius 3 is 2.45 bits per heavy atom. The van der Waals surface area contributed by atoms with Crippen LogP contribution in [0, 0.1) is 5.92 Å². The third kappa shape index (κ3) is 4.73. The zero-order valence-electron chi connectivity index (χ0n) is 18.5. The lowest BCUT2D eigenvalue weighted by molar-refractivity contribution is -0.120. The van der Waals surface area contributed by atoms with Crippen molar-refractivity contribution in [3.8, 4) is 0 Å². The van der Waals surface area contributed by atoms with Gasteiger partial charge in [-0.1, -0.05) is 60.3 Å². The van der Waals surface area contributed by atoms with E-state index in [2.05, 4.69) is 10.6 Å². The van der Waals surface area contributed by atoms with E-state index in [-0.39, 0.29) is 24.3 Å². The van der Waals surface area contributed by atoms with E-state index in [1.807, 2.05) is 77.9 Å². The van der Waals surface area contributed by atoms with Crippen LogP contribution in [0.15, 0.2) is 88.0 Å². The number of nitrogens with one attached hydrogen (secondary N) is 2. The number of para-hydroxylation sites is 1. The van der Waals surface area contributed by atoms with Crippen LogP contribution in [0.5, 0.6) is 0 Å². The number of carbonyl (C=O) groups excluding carboxylic acids is 2. The molecule has 0 spiro atoms. The molecule has 1 saturated carbocycles. The second-order valence-electron chi connectivity index (χ2n) is 8.55. The molecule has 168 valence electrons. The Bertz CT molecular complexity index is 1150. The first-order valence-electron chi connectivity index (χ1n) is 11.2. The number of carbonyl (C=O) groups is 2. The zero-order chi connectivity index (χ0) is 22.8. The molecule has 1 atom stereocenters. The summed E-state index contributed by atoms with van der Waals surface area (Å²) >= 11 is 1.50. The molecule has 2 amide bonds. The third-order valence-corrected chi connectivity index (χ3v) is 6.91. The van der Waals surface area contributed by atoms with Gasteiger partial charge in [0.1, 0.15) is 0 Å². The van der Waals surface area contributed by atoms with E-state index >= 15 is 0 Å². The second-order valence-corrected chi connectivity index (χ2v) is 9.38. The number of hydrogen-bond donors (Lipinski definition) is 2. The van der Waals surface area contributed by atoms with Crippen LogP contribution < -0.4 is 10.6 Å². The van der Waals surface area contributed by atoms with Crippen LogP contribution in [0.1, 0.15) is 37.8 Å². The molecule has 0 bridgehead atoms. The Kier molecular flexibility index (Phi) is 6.05. The molecule has 1 aliphatic carbocycles. The van der Waals surface area contributed by atoms with Crippen LogP contribution in [0.3, 0.4) is 0 Å². The molecule has 1 fully saturated rings. The van der Waals surface area contributed by atoms with Crippen LogP contribution in [0.25, 0.3) is 0 Å². The number of thioether (sulfide) groups is 1. The summed E-state index contributed by atoms with van der Waals surface area (Å²) < 4.78 is 0. The van der Waals surface area contributed by atoms with E-state index in [4.69, 9.17) is 4.99 Å². The first-order chi connectivity index (χ1) is 16.1. The molecule has 3 aliphatic rings. The number of anilines is 1. The highest BCUT2D eigenvalue weighted by molar-refractivity contribution is 8.16. The van der Waals surface area contributed by atoms with Crippen molar-refractivity contribution in [1.29, 1.82) is 0 Å². The second kappa shape index (κ2) is 9.27. The smallest absolute Gasteiger partial charge is 0.255 e. The lowest BCUT2D eigenvalue weighted by atomic mass is 9.93. The Morgan fingerprint density at radius 2 is 1.76 bits per heavy atom. The molecule has 0 aromatic heterocycles. The van der Waals surface area contributed by atoms with E-state index in [1.165, 1.54) is 24.6 Å². The maximum Gasteiger partial charge on any atom is 0.255 e. The first kappa shape index (κ1) is 21.5. The van der Waals surface area contributed by atoms with Crippen LogP contribution in [0.2, 0.25) is 0 Å². The Morgan fingerprint density at radius 1 is 1.06 bits per heavy atom. The summed E-state index contributed by atoms with van der Waals surface area (Å²) in [6, 6.07) is 19.0. The van der Waals surface area contributed by atoms with E-state index in [9.17, 15) is 9.59 Å². The van der Waals surface area contributed by atoms with Gasteiger partial charge in [-0.15, -0.1) is 0 Å². The summed E-state index contributed by atoms with van der Waals surface area (Å²) in [6.45, 7) is 2.62. The summed E-state index contributed by atoms with van der Waals surface area (Å²) in [5.41, 5.74) is 3.84. The number of fused-ring (bicyclic) bond motifs is 1. The summed E-state index contributed by atoms with van der Waals surface area (Å²) in [7, 11) is 0. The number of nitrogens with zero attached hydrogens (tertiary/aromatic N) is 2. The van der Waals surface area contributed by atoms with Crippen molar-refractivity contribution in [1.82, 2.24) is 10.2 Å². The van der Waals surface area contributed by atoms with Crippen molar-refractivity contribution in [3.63, 3.8) is 0 Å². The fraction of sp³-hybridized carbons (Fsp3) is 0.269. The van der Waals surface area contributed by atoms with Gasteiger partial charge in [0.25, 0.3) is 5.91 Å². The molecular formula is C26H26N4O2S. The monoisotopic (exact) mass is 458 g/mol. The van der Waals surface area contributed by atoms with Crippen molar-refractivity contribution >= 4 is 34.4 Å². The number of rotatable bonds is 7. The van der Waals surface area contributed by atoms with E-state index in [0.717, 1.165) is 28.7 Å². The van der Waals surface area contributed by atoms with Crippen molar-refractivity contribution in [2.24, 2.45) is 10.9 Å². The van der Waals surface area contributed by atoms with Gasteiger partial charge in [0.15, 0.2) is 5.17 Å². The number of benzene rings is 2. The Balaban J connectivity index is 1.45. The van der Waals surface area contributed by atoms with Crippen molar-refractivity contribution < 1.29 is 9.59 Å². The number of allylic oxidation sites excluding steroid dienone is 1.